The van der Waals surface area contributed by atoms with Crippen molar-refractivity contribution in [3.63, 3.8) is 0 Å². The molecule has 1 atom stereocenters. The average Bonchev–Trinajstić information content (AvgIpc) is 2.32. The Kier molecular flexibility index (Phi) is 6.28. The van der Waals surface area contributed by atoms with E-state index < -0.39 is 14.6 Å². The van der Waals surface area contributed by atoms with Crippen molar-refractivity contribution in [2.45, 2.75) is 64.7 Å². The standard InChI is InChI=1S/C16H34N2O2S/c1-15(2,3)17-12-14-8-7-9-18(13-14)10-11-21(19,20)16(4,5)6/h14,17H,7-13H2,1-6H3. The van der Waals surface area contributed by atoms with Crippen LogP contribution in [0, 0.1) is 5.92 Å². The minimum Gasteiger partial charge on any atom is -0.312 e. The first-order valence-electron chi connectivity index (χ1n) is 8.10. The summed E-state index contributed by atoms with van der Waals surface area (Å²) in [4.78, 5) is 2.32. The molecule has 4 nitrogen and oxygen atoms in total. The molecule has 1 fully saturated rings. The molecule has 1 rings (SSSR count). The van der Waals surface area contributed by atoms with Crippen molar-refractivity contribution in [3.8, 4) is 0 Å². The highest BCUT2D eigenvalue weighted by Gasteiger charge is 2.30. The number of nitrogens with zero attached hydrogens (tertiary/aromatic N) is 1. The molecule has 1 aliphatic heterocycles. The van der Waals surface area contributed by atoms with Crippen LogP contribution in [0.1, 0.15) is 54.4 Å². The third-order valence-corrected chi connectivity index (χ3v) is 6.72. The Balaban J connectivity index is 2.44. The largest absolute Gasteiger partial charge is 0.312 e. The smallest absolute Gasteiger partial charge is 0.156 e. The molecule has 0 amide bonds. The summed E-state index contributed by atoms with van der Waals surface area (Å²) < 4.78 is 23.7. The Morgan fingerprint density at radius 1 is 1.14 bits per heavy atom. The number of hydrogen-bond acceptors (Lipinski definition) is 4. The molecule has 0 spiro atoms. The van der Waals surface area contributed by atoms with Crippen LogP contribution in [0.3, 0.4) is 0 Å². The van der Waals surface area contributed by atoms with Crippen molar-refractivity contribution < 1.29 is 8.42 Å². The lowest BCUT2D eigenvalue weighted by Gasteiger charge is -2.35. The normalized spacial score (nSPS) is 22.5. The summed E-state index contributed by atoms with van der Waals surface area (Å²) in [7, 11) is -3.01. The Morgan fingerprint density at radius 2 is 1.76 bits per heavy atom. The Bertz CT molecular complexity index is 419. The molecule has 21 heavy (non-hydrogen) atoms. The molecule has 0 aromatic rings. The molecule has 1 unspecified atom stereocenters. The Morgan fingerprint density at radius 3 is 2.29 bits per heavy atom. The second-order valence-corrected chi connectivity index (χ2v) is 11.2. The molecule has 0 aliphatic carbocycles. The molecular formula is C16H34N2O2S. The zero-order valence-electron chi connectivity index (χ0n) is 14.7. The molecule has 0 aromatic carbocycles. The number of hydrogen-bond donors (Lipinski definition) is 1. The van der Waals surface area contributed by atoms with E-state index in [1.807, 2.05) is 0 Å². The molecule has 1 aliphatic rings. The maximum absolute atomic E-state index is 12.2. The minimum atomic E-state index is -3.01. The first-order chi connectivity index (χ1) is 9.41. The second kappa shape index (κ2) is 6.97. The van der Waals surface area contributed by atoms with Gasteiger partial charge in [-0.25, -0.2) is 8.42 Å². The van der Waals surface area contributed by atoms with Crippen molar-refractivity contribution >= 4 is 9.84 Å². The van der Waals surface area contributed by atoms with E-state index in [-0.39, 0.29) is 11.3 Å². The minimum absolute atomic E-state index is 0.151. The van der Waals surface area contributed by atoms with Gasteiger partial charge in [0.2, 0.25) is 0 Å². The molecule has 0 aromatic heterocycles. The fourth-order valence-corrected chi connectivity index (χ4v) is 3.64. The Labute approximate surface area is 131 Å². The zero-order valence-corrected chi connectivity index (χ0v) is 15.5. The summed E-state index contributed by atoms with van der Waals surface area (Å²) in [5.74, 6) is 0.908. The number of sulfone groups is 1. The van der Waals surface area contributed by atoms with Gasteiger partial charge in [0.15, 0.2) is 9.84 Å². The summed E-state index contributed by atoms with van der Waals surface area (Å²) in [6.07, 6.45) is 2.41. The van der Waals surface area contributed by atoms with Crippen molar-refractivity contribution in [1.82, 2.24) is 10.2 Å². The predicted octanol–water partition coefficient (Wildman–Crippen LogP) is 2.30. The summed E-state index contributed by atoms with van der Waals surface area (Å²) in [6.45, 7) is 15.7. The van der Waals surface area contributed by atoms with E-state index >= 15 is 0 Å². The molecule has 0 saturated carbocycles. The van der Waals surface area contributed by atoms with Crippen LogP contribution in [0.5, 0.6) is 0 Å². The van der Waals surface area contributed by atoms with Crippen molar-refractivity contribution in [2.24, 2.45) is 5.92 Å². The summed E-state index contributed by atoms with van der Waals surface area (Å²) in [5.41, 5.74) is 0.151. The lowest BCUT2D eigenvalue weighted by molar-refractivity contribution is 0.174. The van der Waals surface area contributed by atoms with E-state index in [2.05, 4.69) is 31.0 Å². The van der Waals surface area contributed by atoms with Gasteiger partial charge in [0.05, 0.1) is 10.5 Å². The fourth-order valence-electron chi connectivity index (χ4n) is 2.53. The molecular weight excluding hydrogens is 284 g/mol. The van der Waals surface area contributed by atoms with Gasteiger partial charge in [-0.05, 0) is 73.4 Å². The van der Waals surface area contributed by atoms with Crippen LogP contribution in [0.4, 0.5) is 0 Å². The van der Waals surface area contributed by atoms with E-state index in [0.717, 1.165) is 19.6 Å². The summed E-state index contributed by atoms with van der Waals surface area (Å²) >= 11 is 0. The van der Waals surface area contributed by atoms with Gasteiger partial charge in [0.25, 0.3) is 0 Å². The van der Waals surface area contributed by atoms with Crippen molar-refractivity contribution in [1.29, 1.82) is 0 Å². The van der Waals surface area contributed by atoms with Crippen LogP contribution < -0.4 is 5.32 Å². The van der Waals surface area contributed by atoms with Gasteiger partial charge in [0, 0.05) is 18.6 Å². The van der Waals surface area contributed by atoms with E-state index in [1.165, 1.54) is 12.8 Å². The Hall–Kier alpha value is -0.130. The van der Waals surface area contributed by atoms with E-state index in [0.29, 0.717) is 12.5 Å². The lowest BCUT2D eigenvalue weighted by Crippen LogP contribution is -2.46. The summed E-state index contributed by atoms with van der Waals surface area (Å²) in [6, 6.07) is 0. The molecule has 126 valence electrons. The van der Waals surface area contributed by atoms with Gasteiger partial charge in [-0.3, -0.25) is 0 Å². The maximum atomic E-state index is 12.2. The van der Waals surface area contributed by atoms with Crippen LogP contribution in [-0.4, -0.2) is 55.5 Å². The van der Waals surface area contributed by atoms with Crippen LogP contribution in [0.15, 0.2) is 0 Å². The second-order valence-electron chi connectivity index (χ2n) is 8.37. The van der Waals surface area contributed by atoms with E-state index in [9.17, 15) is 8.42 Å². The van der Waals surface area contributed by atoms with Gasteiger partial charge in [-0.2, -0.15) is 0 Å². The number of nitrogens with one attached hydrogen (secondary N) is 1. The average molecular weight is 319 g/mol. The molecule has 1 N–H and O–H groups in total. The molecule has 5 heteroatoms. The third-order valence-electron chi connectivity index (χ3n) is 4.13. The maximum Gasteiger partial charge on any atom is 0.156 e. The lowest BCUT2D eigenvalue weighted by atomic mass is 9.96. The highest BCUT2D eigenvalue weighted by atomic mass is 32.2. The quantitative estimate of drug-likeness (QED) is 0.845. The fraction of sp³-hybridized carbons (Fsp3) is 1.00. The van der Waals surface area contributed by atoms with Gasteiger partial charge >= 0.3 is 0 Å². The van der Waals surface area contributed by atoms with Crippen LogP contribution in [0.25, 0.3) is 0 Å². The van der Waals surface area contributed by atoms with Crippen molar-refractivity contribution in [3.05, 3.63) is 0 Å². The highest BCUT2D eigenvalue weighted by molar-refractivity contribution is 7.92. The molecule has 1 heterocycles. The van der Waals surface area contributed by atoms with E-state index in [4.69, 9.17) is 0 Å². The van der Waals surface area contributed by atoms with Crippen LogP contribution >= 0.6 is 0 Å². The third kappa shape index (κ3) is 6.66. The number of likely N-dealkylation sites (tertiary alicyclic amines) is 1. The van der Waals surface area contributed by atoms with E-state index in [1.54, 1.807) is 20.8 Å². The van der Waals surface area contributed by atoms with Crippen LogP contribution in [0.2, 0.25) is 0 Å². The SMILES string of the molecule is CC(C)(C)NCC1CCCN(CCS(=O)(=O)C(C)(C)C)C1. The van der Waals surface area contributed by atoms with Gasteiger partial charge in [-0.15, -0.1) is 0 Å². The zero-order chi connectivity index (χ0) is 16.3. The van der Waals surface area contributed by atoms with Gasteiger partial charge in [0.1, 0.15) is 0 Å². The topological polar surface area (TPSA) is 49.4 Å². The van der Waals surface area contributed by atoms with Gasteiger partial charge in [-0.1, -0.05) is 0 Å². The number of piperidine rings is 1. The van der Waals surface area contributed by atoms with Gasteiger partial charge < -0.3 is 10.2 Å². The number of rotatable bonds is 5. The summed E-state index contributed by atoms with van der Waals surface area (Å²) in [5, 5.41) is 3.56. The first kappa shape index (κ1) is 18.9. The van der Waals surface area contributed by atoms with Crippen molar-refractivity contribution in [2.75, 3.05) is 31.9 Å². The monoisotopic (exact) mass is 318 g/mol. The first-order valence-corrected chi connectivity index (χ1v) is 9.76. The molecule has 0 bridgehead atoms. The highest BCUT2D eigenvalue weighted by Crippen LogP contribution is 2.19. The van der Waals surface area contributed by atoms with Crippen LogP contribution in [-0.2, 0) is 9.84 Å². The predicted molar refractivity (Wildman–Crippen MR) is 90.5 cm³/mol. The molecule has 1 saturated heterocycles. The molecule has 0 radical (unpaired) electrons.